The fourth-order valence-electron chi connectivity index (χ4n) is 3.62. The van der Waals surface area contributed by atoms with Gasteiger partial charge in [0.1, 0.15) is 0 Å². The van der Waals surface area contributed by atoms with E-state index in [2.05, 4.69) is 17.6 Å². The van der Waals surface area contributed by atoms with Gasteiger partial charge in [-0.15, -0.1) is 0 Å². The number of hydrogen-bond acceptors (Lipinski definition) is 2. The molecule has 1 aliphatic heterocycles. The van der Waals surface area contributed by atoms with Crippen molar-refractivity contribution in [1.29, 1.82) is 0 Å². The molecule has 0 spiro atoms. The lowest BCUT2D eigenvalue weighted by molar-refractivity contribution is 0.111. The SMILES string of the molecule is CCNC(=NCC1(C2CC2)CCC1)NCC1CCCO1. The first-order chi connectivity index (χ1) is 9.82. The van der Waals surface area contributed by atoms with Gasteiger partial charge >= 0.3 is 0 Å². The highest BCUT2D eigenvalue weighted by Crippen LogP contribution is 2.57. The minimum atomic E-state index is 0.375. The predicted molar refractivity (Wildman–Crippen MR) is 82.0 cm³/mol. The molecule has 1 atom stereocenters. The molecule has 2 N–H and O–H groups in total. The Hall–Kier alpha value is -0.770. The Morgan fingerprint density at radius 3 is 2.60 bits per heavy atom. The zero-order valence-electron chi connectivity index (χ0n) is 12.8. The van der Waals surface area contributed by atoms with Crippen LogP contribution in [-0.2, 0) is 4.74 Å². The van der Waals surface area contributed by atoms with Gasteiger partial charge in [-0.1, -0.05) is 6.42 Å². The topological polar surface area (TPSA) is 45.7 Å². The fourth-order valence-corrected chi connectivity index (χ4v) is 3.62. The van der Waals surface area contributed by atoms with Crippen LogP contribution in [0.3, 0.4) is 0 Å². The van der Waals surface area contributed by atoms with Crippen LogP contribution in [0.5, 0.6) is 0 Å². The molecular weight excluding hydrogens is 250 g/mol. The Morgan fingerprint density at radius 1 is 1.20 bits per heavy atom. The van der Waals surface area contributed by atoms with Gasteiger partial charge in [-0.05, 0) is 56.8 Å². The average Bonchev–Trinajstić information content (AvgIpc) is 3.11. The van der Waals surface area contributed by atoms with Crippen molar-refractivity contribution in [1.82, 2.24) is 10.6 Å². The third kappa shape index (κ3) is 3.27. The van der Waals surface area contributed by atoms with E-state index < -0.39 is 0 Å². The van der Waals surface area contributed by atoms with Crippen LogP contribution < -0.4 is 10.6 Å². The van der Waals surface area contributed by atoms with Gasteiger partial charge in [-0.25, -0.2) is 0 Å². The molecule has 1 saturated heterocycles. The molecule has 3 fully saturated rings. The van der Waals surface area contributed by atoms with Gasteiger partial charge in [0.25, 0.3) is 0 Å². The largest absolute Gasteiger partial charge is 0.376 e. The number of rotatable bonds is 6. The van der Waals surface area contributed by atoms with Crippen LogP contribution in [0.25, 0.3) is 0 Å². The summed E-state index contributed by atoms with van der Waals surface area (Å²) < 4.78 is 5.66. The summed E-state index contributed by atoms with van der Waals surface area (Å²) in [5, 5.41) is 6.83. The lowest BCUT2D eigenvalue weighted by Crippen LogP contribution is -2.43. The first-order valence-electron chi connectivity index (χ1n) is 8.46. The van der Waals surface area contributed by atoms with Gasteiger partial charge in [0.05, 0.1) is 6.10 Å². The smallest absolute Gasteiger partial charge is 0.191 e. The molecule has 0 bridgehead atoms. The predicted octanol–water partition coefficient (Wildman–Crippen LogP) is 2.30. The molecule has 1 heterocycles. The van der Waals surface area contributed by atoms with Crippen molar-refractivity contribution in [2.24, 2.45) is 16.3 Å². The van der Waals surface area contributed by atoms with Gasteiger partial charge in [0.2, 0.25) is 0 Å². The molecule has 0 aromatic heterocycles. The summed E-state index contributed by atoms with van der Waals surface area (Å²) in [5.74, 6) is 1.95. The average molecular weight is 279 g/mol. The minimum Gasteiger partial charge on any atom is -0.376 e. The molecule has 0 amide bonds. The molecule has 3 rings (SSSR count). The Morgan fingerprint density at radius 2 is 2.05 bits per heavy atom. The number of guanidine groups is 1. The van der Waals surface area contributed by atoms with Gasteiger partial charge in [0, 0.05) is 26.2 Å². The molecule has 4 nitrogen and oxygen atoms in total. The standard InChI is InChI=1S/C16H29N3O/c1-2-17-15(18-11-14-5-3-10-20-14)19-12-16(8-4-9-16)13-6-7-13/h13-14H,2-12H2,1H3,(H2,17,18,19). The molecule has 2 saturated carbocycles. The molecule has 2 aliphatic carbocycles. The highest BCUT2D eigenvalue weighted by atomic mass is 16.5. The fraction of sp³-hybridized carbons (Fsp3) is 0.938. The number of aliphatic imine (C=N–C) groups is 1. The number of nitrogens with zero attached hydrogens (tertiary/aromatic N) is 1. The van der Waals surface area contributed by atoms with E-state index in [-0.39, 0.29) is 0 Å². The van der Waals surface area contributed by atoms with Gasteiger partial charge in [-0.2, -0.15) is 0 Å². The normalized spacial score (nSPS) is 29.1. The molecular formula is C16H29N3O. The second-order valence-electron chi connectivity index (χ2n) is 6.70. The van der Waals surface area contributed by atoms with E-state index in [0.717, 1.165) is 38.1 Å². The molecule has 1 unspecified atom stereocenters. The van der Waals surface area contributed by atoms with Crippen molar-refractivity contribution in [3.63, 3.8) is 0 Å². The lowest BCUT2D eigenvalue weighted by atomic mass is 9.65. The Labute approximate surface area is 122 Å². The maximum Gasteiger partial charge on any atom is 0.191 e. The van der Waals surface area contributed by atoms with Crippen molar-refractivity contribution in [2.45, 2.75) is 58.0 Å². The molecule has 3 aliphatic rings. The summed E-state index contributed by atoms with van der Waals surface area (Å²) in [6.45, 7) is 5.88. The van der Waals surface area contributed by atoms with E-state index in [0.29, 0.717) is 11.5 Å². The maximum absolute atomic E-state index is 5.66. The van der Waals surface area contributed by atoms with E-state index in [1.165, 1.54) is 44.9 Å². The zero-order chi connectivity index (χ0) is 13.8. The molecule has 0 aromatic rings. The van der Waals surface area contributed by atoms with Crippen LogP contribution in [-0.4, -0.2) is 38.3 Å². The maximum atomic E-state index is 5.66. The summed E-state index contributed by atoms with van der Waals surface area (Å²) in [6.07, 6.45) is 9.83. The monoisotopic (exact) mass is 279 g/mol. The number of hydrogen-bond donors (Lipinski definition) is 2. The van der Waals surface area contributed by atoms with Crippen molar-refractivity contribution in [3.05, 3.63) is 0 Å². The summed E-state index contributed by atoms with van der Waals surface area (Å²) in [6, 6.07) is 0. The molecule has 20 heavy (non-hydrogen) atoms. The highest BCUT2D eigenvalue weighted by molar-refractivity contribution is 5.79. The van der Waals surface area contributed by atoms with E-state index in [9.17, 15) is 0 Å². The second kappa shape index (κ2) is 6.33. The van der Waals surface area contributed by atoms with Crippen molar-refractivity contribution in [2.75, 3.05) is 26.2 Å². The van der Waals surface area contributed by atoms with Crippen molar-refractivity contribution in [3.8, 4) is 0 Å². The highest BCUT2D eigenvalue weighted by Gasteiger charge is 2.48. The van der Waals surface area contributed by atoms with Gasteiger partial charge in [0.15, 0.2) is 5.96 Å². The molecule has 4 heteroatoms. The van der Waals surface area contributed by atoms with Crippen molar-refractivity contribution >= 4 is 5.96 Å². The quantitative estimate of drug-likeness (QED) is 0.579. The first kappa shape index (κ1) is 14.2. The number of ether oxygens (including phenoxy) is 1. The number of nitrogens with one attached hydrogen (secondary N) is 2. The van der Waals surface area contributed by atoms with E-state index >= 15 is 0 Å². The van der Waals surface area contributed by atoms with Crippen LogP contribution in [0.2, 0.25) is 0 Å². The third-order valence-electron chi connectivity index (χ3n) is 5.21. The summed E-state index contributed by atoms with van der Waals surface area (Å²) in [5.41, 5.74) is 0.562. The van der Waals surface area contributed by atoms with Gasteiger partial charge in [-0.3, -0.25) is 4.99 Å². The molecule has 0 radical (unpaired) electrons. The summed E-state index contributed by atoms with van der Waals surface area (Å²) >= 11 is 0. The summed E-state index contributed by atoms with van der Waals surface area (Å²) in [4.78, 5) is 4.87. The van der Waals surface area contributed by atoms with E-state index in [1.54, 1.807) is 0 Å². The zero-order valence-corrected chi connectivity index (χ0v) is 12.8. The van der Waals surface area contributed by atoms with Gasteiger partial charge < -0.3 is 15.4 Å². The second-order valence-corrected chi connectivity index (χ2v) is 6.70. The van der Waals surface area contributed by atoms with Crippen molar-refractivity contribution < 1.29 is 4.74 Å². The third-order valence-corrected chi connectivity index (χ3v) is 5.21. The summed E-state index contributed by atoms with van der Waals surface area (Å²) in [7, 11) is 0. The minimum absolute atomic E-state index is 0.375. The Kier molecular flexibility index (Phi) is 4.49. The van der Waals surface area contributed by atoms with Crippen LogP contribution in [0.1, 0.15) is 51.9 Å². The van der Waals surface area contributed by atoms with E-state index in [4.69, 9.17) is 9.73 Å². The van der Waals surface area contributed by atoms with Crippen LogP contribution >= 0.6 is 0 Å². The lowest BCUT2D eigenvalue weighted by Gasteiger charge is -2.41. The van der Waals surface area contributed by atoms with Crippen LogP contribution in [0.15, 0.2) is 4.99 Å². The first-order valence-corrected chi connectivity index (χ1v) is 8.46. The molecule has 0 aromatic carbocycles. The molecule has 114 valence electrons. The van der Waals surface area contributed by atoms with E-state index in [1.807, 2.05) is 0 Å². The van der Waals surface area contributed by atoms with Crippen LogP contribution in [0, 0.1) is 11.3 Å². The Balaban J connectivity index is 1.50. The van der Waals surface area contributed by atoms with Crippen LogP contribution in [0.4, 0.5) is 0 Å². The Bertz CT molecular complexity index is 342.